The topological polar surface area (TPSA) is 60.2 Å². The van der Waals surface area contributed by atoms with Gasteiger partial charge in [0.05, 0.1) is 5.75 Å². The Morgan fingerprint density at radius 3 is 2.84 bits per heavy atom. The van der Waals surface area contributed by atoms with E-state index in [4.69, 9.17) is 5.73 Å². The molecule has 0 saturated heterocycles. The van der Waals surface area contributed by atoms with Crippen LogP contribution >= 0.6 is 0 Å². The third-order valence-electron chi connectivity index (χ3n) is 4.13. The summed E-state index contributed by atoms with van der Waals surface area (Å²) in [6.07, 6.45) is 3.66. The molecule has 0 fully saturated rings. The predicted molar refractivity (Wildman–Crippen MR) is 79.0 cm³/mol. The smallest absolute Gasteiger partial charge is 0.150 e. The van der Waals surface area contributed by atoms with Gasteiger partial charge in [-0.15, -0.1) is 0 Å². The SMILES string of the molecule is CCS(=O)(=O)CCCC(N)C1CCc2ccccc21. The van der Waals surface area contributed by atoms with Gasteiger partial charge in [0, 0.05) is 11.8 Å². The van der Waals surface area contributed by atoms with Crippen molar-refractivity contribution < 1.29 is 8.42 Å². The summed E-state index contributed by atoms with van der Waals surface area (Å²) in [7, 11) is -2.85. The second-order valence-electron chi connectivity index (χ2n) is 5.39. The Morgan fingerprint density at radius 2 is 2.11 bits per heavy atom. The van der Waals surface area contributed by atoms with Gasteiger partial charge in [-0.05, 0) is 42.7 Å². The molecule has 2 unspecified atom stereocenters. The summed E-state index contributed by atoms with van der Waals surface area (Å²) in [6.45, 7) is 1.70. The van der Waals surface area contributed by atoms with Crippen molar-refractivity contribution in [1.82, 2.24) is 0 Å². The van der Waals surface area contributed by atoms with E-state index in [0.29, 0.717) is 12.3 Å². The number of rotatable bonds is 6. The number of nitrogens with two attached hydrogens (primary N) is 1. The molecule has 0 radical (unpaired) electrons. The number of sulfone groups is 1. The molecule has 0 bridgehead atoms. The summed E-state index contributed by atoms with van der Waals surface area (Å²) in [5, 5.41) is 0. The summed E-state index contributed by atoms with van der Waals surface area (Å²) in [6, 6.07) is 8.54. The van der Waals surface area contributed by atoms with E-state index in [1.54, 1.807) is 6.92 Å². The van der Waals surface area contributed by atoms with E-state index in [0.717, 1.165) is 19.3 Å². The minimum atomic E-state index is -2.85. The van der Waals surface area contributed by atoms with E-state index in [1.165, 1.54) is 11.1 Å². The number of fused-ring (bicyclic) bond motifs is 1. The second kappa shape index (κ2) is 6.06. The van der Waals surface area contributed by atoms with Crippen LogP contribution in [-0.4, -0.2) is 26.0 Å². The Balaban J connectivity index is 1.90. The molecule has 1 aromatic carbocycles. The fraction of sp³-hybridized carbons (Fsp3) is 0.600. The average molecular weight is 281 g/mol. The Bertz CT molecular complexity index is 525. The van der Waals surface area contributed by atoms with Crippen LogP contribution in [0.1, 0.15) is 43.2 Å². The molecule has 0 aliphatic heterocycles. The minimum absolute atomic E-state index is 0.0794. The van der Waals surface area contributed by atoms with Gasteiger partial charge in [-0.2, -0.15) is 0 Å². The summed E-state index contributed by atoms with van der Waals surface area (Å²) in [5.74, 6) is 0.903. The summed E-state index contributed by atoms with van der Waals surface area (Å²) in [5.41, 5.74) is 9.05. The van der Waals surface area contributed by atoms with Crippen molar-refractivity contribution in [2.75, 3.05) is 11.5 Å². The highest BCUT2D eigenvalue weighted by molar-refractivity contribution is 7.91. The summed E-state index contributed by atoms with van der Waals surface area (Å²) >= 11 is 0. The van der Waals surface area contributed by atoms with Gasteiger partial charge in [0.25, 0.3) is 0 Å². The van der Waals surface area contributed by atoms with Crippen molar-refractivity contribution in [3.8, 4) is 0 Å². The number of hydrogen-bond acceptors (Lipinski definition) is 3. The van der Waals surface area contributed by atoms with E-state index < -0.39 is 9.84 Å². The minimum Gasteiger partial charge on any atom is -0.327 e. The molecule has 4 heteroatoms. The van der Waals surface area contributed by atoms with Gasteiger partial charge in [0.2, 0.25) is 0 Å². The van der Waals surface area contributed by atoms with Crippen LogP contribution in [0.4, 0.5) is 0 Å². The van der Waals surface area contributed by atoms with Crippen molar-refractivity contribution in [2.45, 2.75) is 44.6 Å². The molecule has 2 N–H and O–H groups in total. The van der Waals surface area contributed by atoms with Gasteiger partial charge >= 0.3 is 0 Å². The average Bonchev–Trinajstić information content (AvgIpc) is 2.82. The lowest BCUT2D eigenvalue weighted by Crippen LogP contribution is -2.28. The van der Waals surface area contributed by atoms with E-state index in [1.807, 2.05) is 0 Å². The largest absolute Gasteiger partial charge is 0.327 e. The van der Waals surface area contributed by atoms with Gasteiger partial charge in [-0.3, -0.25) is 0 Å². The normalized spacial score (nSPS) is 20.2. The molecule has 3 nitrogen and oxygen atoms in total. The second-order valence-corrected chi connectivity index (χ2v) is 7.86. The standard InChI is InChI=1S/C15H23NO2S/c1-2-19(17,18)11-5-8-15(16)14-10-9-12-6-3-4-7-13(12)14/h3-4,6-7,14-15H,2,5,8-11,16H2,1H3. The first-order valence-electron chi connectivity index (χ1n) is 7.07. The molecule has 0 spiro atoms. The molecule has 1 aliphatic rings. The maximum Gasteiger partial charge on any atom is 0.150 e. The van der Waals surface area contributed by atoms with Crippen LogP contribution in [0.15, 0.2) is 24.3 Å². The molecule has 1 aromatic rings. The van der Waals surface area contributed by atoms with E-state index in [9.17, 15) is 8.42 Å². The molecule has 0 heterocycles. The maximum absolute atomic E-state index is 11.5. The molecule has 19 heavy (non-hydrogen) atoms. The van der Waals surface area contributed by atoms with E-state index in [2.05, 4.69) is 24.3 Å². The van der Waals surface area contributed by atoms with Gasteiger partial charge in [-0.25, -0.2) is 8.42 Å². The lowest BCUT2D eigenvalue weighted by Gasteiger charge is -2.20. The quantitative estimate of drug-likeness (QED) is 0.870. The lowest BCUT2D eigenvalue weighted by molar-refractivity contribution is 0.490. The molecule has 0 amide bonds. The lowest BCUT2D eigenvalue weighted by atomic mass is 9.91. The van der Waals surface area contributed by atoms with E-state index in [-0.39, 0.29) is 17.5 Å². The first kappa shape index (κ1) is 14.5. The van der Waals surface area contributed by atoms with Gasteiger partial charge < -0.3 is 5.73 Å². The molecule has 2 atom stereocenters. The first-order chi connectivity index (χ1) is 9.03. The first-order valence-corrected chi connectivity index (χ1v) is 8.89. The molecule has 2 rings (SSSR count). The molecule has 106 valence electrons. The van der Waals surface area contributed by atoms with Crippen LogP contribution in [-0.2, 0) is 16.3 Å². The molecule has 0 saturated carbocycles. The summed E-state index contributed by atoms with van der Waals surface area (Å²) < 4.78 is 22.9. The van der Waals surface area contributed by atoms with Crippen molar-refractivity contribution in [2.24, 2.45) is 5.73 Å². The zero-order valence-corrected chi connectivity index (χ0v) is 12.3. The number of benzene rings is 1. The fourth-order valence-electron chi connectivity index (χ4n) is 2.92. The Morgan fingerprint density at radius 1 is 1.37 bits per heavy atom. The fourth-order valence-corrected chi connectivity index (χ4v) is 3.81. The molecular formula is C15H23NO2S. The highest BCUT2D eigenvalue weighted by Crippen LogP contribution is 2.35. The summed E-state index contributed by atoms with van der Waals surface area (Å²) in [4.78, 5) is 0. The monoisotopic (exact) mass is 281 g/mol. The number of hydrogen-bond donors (Lipinski definition) is 1. The van der Waals surface area contributed by atoms with Gasteiger partial charge in [0.1, 0.15) is 9.84 Å². The molecule has 1 aliphatic carbocycles. The number of aryl methyl sites for hydroxylation is 1. The van der Waals surface area contributed by atoms with Crippen LogP contribution in [0.5, 0.6) is 0 Å². The van der Waals surface area contributed by atoms with Gasteiger partial charge in [-0.1, -0.05) is 31.2 Å². The Hall–Kier alpha value is -0.870. The highest BCUT2D eigenvalue weighted by atomic mass is 32.2. The molecular weight excluding hydrogens is 258 g/mol. The third-order valence-corrected chi connectivity index (χ3v) is 5.92. The predicted octanol–water partition coefficient (Wildman–Crippen LogP) is 2.26. The van der Waals surface area contributed by atoms with Crippen LogP contribution in [0, 0.1) is 0 Å². The van der Waals surface area contributed by atoms with Crippen molar-refractivity contribution >= 4 is 9.84 Å². The van der Waals surface area contributed by atoms with Crippen LogP contribution in [0.25, 0.3) is 0 Å². The van der Waals surface area contributed by atoms with Crippen molar-refractivity contribution in [3.63, 3.8) is 0 Å². The van der Waals surface area contributed by atoms with Crippen LogP contribution < -0.4 is 5.73 Å². The van der Waals surface area contributed by atoms with Crippen molar-refractivity contribution in [3.05, 3.63) is 35.4 Å². The Labute approximate surface area is 116 Å². The van der Waals surface area contributed by atoms with E-state index >= 15 is 0 Å². The maximum atomic E-state index is 11.5. The van der Waals surface area contributed by atoms with Gasteiger partial charge in [0.15, 0.2) is 0 Å². The molecule has 0 aromatic heterocycles. The van der Waals surface area contributed by atoms with Crippen LogP contribution in [0.3, 0.4) is 0 Å². The zero-order chi connectivity index (χ0) is 13.9. The Kier molecular flexibility index (Phi) is 4.63. The zero-order valence-electron chi connectivity index (χ0n) is 11.5. The van der Waals surface area contributed by atoms with Crippen LogP contribution in [0.2, 0.25) is 0 Å². The van der Waals surface area contributed by atoms with Crippen molar-refractivity contribution in [1.29, 1.82) is 0 Å². The third kappa shape index (κ3) is 3.57. The highest BCUT2D eigenvalue weighted by Gasteiger charge is 2.27.